The zero-order valence-corrected chi connectivity index (χ0v) is 15.9. The molecule has 4 saturated carbocycles. The van der Waals surface area contributed by atoms with Crippen LogP contribution in [0, 0.1) is 30.6 Å². The molecule has 4 aliphatic carbocycles. The van der Waals surface area contributed by atoms with E-state index in [1.54, 1.807) is 17.1 Å². The minimum atomic E-state index is 0.223. The van der Waals surface area contributed by atoms with Crippen LogP contribution >= 0.6 is 11.5 Å². The molecule has 1 aromatic carbocycles. The van der Waals surface area contributed by atoms with Gasteiger partial charge >= 0.3 is 0 Å². The van der Waals surface area contributed by atoms with E-state index in [1.165, 1.54) is 48.2 Å². The number of para-hydroxylation sites is 1. The third-order valence-corrected chi connectivity index (χ3v) is 8.92. The van der Waals surface area contributed by atoms with Gasteiger partial charge in [-0.05, 0) is 92.8 Å². The van der Waals surface area contributed by atoms with Crippen LogP contribution in [0.2, 0.25) is 0 Å². The Morgan fingerprint density at radius 2 is 1.72 bits per heavy atom. The fourth-order valence-electron chi connectivity index (χ4n) is 7.40. The summed E-state index contributed by atoms with van der Waals surface area (Å²) < 4.78 is 4.67. The maximum atomic E-state index is 4.67. The molecule has 1 aliphatic heterocycles. The van der Waals surface area contributed by atoms with Gasteiger partial charge in [-0.25, -0.2) is 4.37 Å². The van der Waals surface area contributed by atoms with E-state index < -0.39 is 0 Å². The molecule has 0 amide bonds. The zero-order valence-electron chi connectivity index (χ0n) is 15.1. The zero-order chi connectivity index (χ0) is 16.8. The van der Waals surface area contributed by atoms with E-state index in [9.17, 15) is 0 Å². The van der Waals surface area contributed by atoms with E-state index in [0.29, 0.717) is 6.04 Å². The van der Waals surface area contributed by atoms with E-state index >= 15 is 0 Å². The second kappa shape index (κ2) is 4.88. The molecule has 7 rings (SSSR count). The number of aryl methyl sites for hydroxylation is 1. The fourth-order valence-corrected chi connectivity index (χ4v) is 8.24. The number of fused-ring (bicyclic) bond motifs is 1. The van der Waals surface area contributed by atoms with Gasteiger partial charge in [0, 0.05) is 17.4 Å². The third kappa shape index (κ3) is 1.69. The predicted molar refractivity (Wildman–Crippen MR) is 103 cm³/mol. The molecular weight excluding hydrogens is 324 g/mol. The first-order chi connectivity index (χ1) is 12.2. The summed E-state index contributed by atoms with van der Waals surface area (Å²) in [5.41, 5.74) is 4.71. The summed E-state index contributed by atoms with van der Waals surface area (Å²) in [7, 11) is 0. The number of aromatic nitrogens is 1. The molecule has 3 heteroatoms. The van der Waals surface area contributed by atoms with Crippen molar-refractivity contribution in [3.63, 3.8) is 0 Å². The molecule has 4 fully saturated rings. The van der Waals surface area contributed by atoms with Crippen molar-refractivity contribution >= 4 is 17.2 Å². The van der Waals surface area contributed by atoms with Gasteiger partial charge in [-0.3, -0.25) is 0 Å². The molecule has 0 radical (unpaired) electrons. The normalized spacial score (nSPS) is 40.9. The summed E-state index contributed by atoms with van der Waals surface area (Å²) in [6.45, 7) is 4.71. The number of benzene rings is 1. The standard InChI is InChI=1S/C22H26N2S/c1-13-5-3-4-6-20(13)24-14(2)21-19(12-23-25-21)22(24)17-8-15-7-16(10-17)11-18(22)9-15/h3-6,12,14-18H,7-11H2,1-2H3. The summed E-state index contributed by atoms with van der Waals surface area (Å²) in [6.07, 6.45) is 9.53. The Labute approximate surface area is 154 Å². The van der Waals surface area contributed by atoms with Gasteiger partial charge in [0.05, 0.1) is 16.5 Å². The van der Waals surface area contributed by atoms with E-state index in [1.807, 2.05) is 0 Å². The van der Waals surface area contributed by atoms with Crippen molar-refractivity contribution in [2.24, 2.45) is 23.7 Å². The molecule has 25 heavy (non-hydrogen) atoms. The fraction of sp³-hybridized carbons (Fsp3) is 0.591. The number of hydrogen-bond acceptors (Lipinski definition) is 3. The Bertz CT molecular complexity index is 810. The molecule has 5 aliphatic rings. The Kier molecular flexibility index (Phi) is 2.88. The maximum absolute atomic E-state index is 4.67. The van der Waals surface area contributed by atoms with Crippen molar-refractivity contribution < 1.29 is 0 Å². The van der Waals surface area contributed by atoms with E-state index in [0.717, 1.165) is 23.7 Å². The molecule has 1 spiro atoms. The van der Waals surface area contributed by atoms with Crippen molar-refractivity contribution in [1.29, 1.82) is 0 Å². The molecule has 4 bridgehead atoms. The van der Waals surface area contributed by atoms with Gasteiger partial charge in [-0.15, -0.1) is 0 Å². The van der Waals surface area contributed by atoms with E-state index in [2.05, 4.69) is 53.6 Å². The first-order valence-electron chi connectivity index (χ1n) is 9.99. The summed E-state index contributed by atoms with van der Waals surface area (Å²) in [6, 6.07) is 9.52. The van der Waals surface area contributed by atoms with Crippen molar-refractivity contribution in [1.82, 2.24) is 4.37 Å². The lowest BCUT2D eigenvalue weighted by atomic mass is 9.47. The van der Waals surface area contributed by atoms with Crippen molar-refractivity contribution in [3.05, 3.63) is 46.5 Å². The van der Waals surface area contributed by atoms with Gasteiger partial charge in [0.25, 0.3) is 0 Å². The molecule has 1 unspecified atom stereocenters. The lowest BCUT2D eigenvalue weighted by Gasteiger charge is -2.64. The average Bonchev–Trinajstić information content (AvgIpc) is 3.15. The molecule has 0 saturated heterocycles. The second-order valence-electron chi connectivity index (χ2n) is 9.07. The number of rotatable bonds is 1. The van der Waals surface area contributed by atoms with Gasteiger partial charge in [-0.1, -0.05) is 18.2 Å². The Balaban J connectivity index is 1.61. The van der Waals surface area contributed by atoms with Crippen LogP contribution in [0.3, 0.4) is 0 Å². The molecule has 2 heterocycles. The summed E-state index contributed by atoms with van der Waals surface area (Å²) in [5.74, 6) is 3.64. The van der Waals surface area contributed by atoms with Gasteiger partial charge in [0.2, 0.25) is 0 Å². The van der Waals surface area contributed by atoms with Crippen LogP contribution in [0.4, 0.5) is 5.69 Å². The van der Waals surface area contributed by atoms with Gasteiger partial charge in [-0.2, -0.15) is 0 Å². The van der Waals surface area contributed by atoms with Crippen LogP contribution in [0.25, 0.3) is 0 Å². The van der Waals surface area contributed by atoms with E-state index in [-0.39, 0.29) is 5.54 Å². The van der Waals surface area contributed by atoms with Gasteiger partial charge in [0.15, 0.2) is 0 Å². The average molecular weight is 351 g/mol. The molecular formula is C22H26N2S. The monoisotopic (exact) mass is 350 g/mol. The highest BCUT2D eigenvalue weighted by atomic mass is 32.1. The van der Waals surface area contributed by atoms with Crippen molar-refractivity contribution in [2.75, 3.05) is 4.90 Å². The quantitative estimate of drug-likeness (QED) is 0.657. The van der Waals surface area contributed by atoms with Crippen LogP contribution in [-0.2, 0) is 5.54 Å². The first-order valence-corrected chi connectivity index (χ1v) is 10.8. The highest BCUT2D eigenvalue weighted by molar-refractivity contribution is 7.06. The van der Waals surface area contributed by atoms with Gasteiger partial charge in [0.1, 0.15) is 0 Å². The summed E-state index contributed by atoms with van der Waals surface area (Å²) in [5, 5.41) is 0. The van der Waals surface area contributed by atoms with Crippen LogP contribution < -0.4 is 4.90 Å². The second-order valence-corrected chi connectivity index (χ2v) is 9.90. The van der Waals surface area contributed by atoms with Crippen molar-refractivity contribution in [3.8, 4) is 0 Å². The minimum Gasteiger partial charge on any atom is -0.353 e. The van der Waals surface area contributed by atoms with Crippen LogP contribution in [0.5, 0.6) is 0 Å². The minimum absolute atomic E-state index is 0.223. The SMILES string of the molecule is Cc1ccccc1N1C(C)c2sncc2C12C1CC3CC(C1)CC2C3. The molecule has 2 nitrogen and oxygen atoms in total. The predicted octanol–water partition coefficient (Wildman–Crippen LogP) is 5.68. The van der Waals surface area contributed by atoms with Gasteiger partial charge < -0.3 is 4.90 Å². The maximum Gasteiger partial charge on any atom is 0.0744 e. The van der Waals surface area contributed by atoms with Crippen LogP contribution in [-0.4, -0.2) is 4.37 Å². The lowest BCUT2D eigenvalue weighted by molar-refractivity contribution is -0.0603. The number of nitrogens with zero attached hydrogens (tertiary/aromatic N) is 2. The van der Waals surface area contributed by atoms with Crippen LogP contribution in [0.15, 0.2) is 30.5 Å². The molecule has 1 aromatic heterocycles. The lowest BCUT2D eigenvalue weighted by Crippen LogP contribution is -2.62. The summed E-state index contributed by atoms with van der Waals surface area (Å²) >= 11 is 1.75. The smallest absolute Gasteiger partial charge is 0.0744 e. The molecule has 1 atom stereocenters. The highest BCUT2D eigenvalue weighted by Crippen LogP contribution is 2.69. The highest BCUT2D eigenvalue weighted by Gasteiger charge is 2.65. The Morgan fingerprint density at radius 1 is 1.04 bits per heavy atom. The first kappa shape index (κ1) is 14.8. The number of anilines is 1. The molecule has 0 N–H and O–H groups in total. The molecule has 2 aromatic rings. The van der Waals surface area contributed by atoms with E-state index in [4.69, 9.17) is 0 Å². The largest absolute Gasteiger partial charge is 0.353 e. The third-order valence-electron chi connectivity index (χ3n) is 7.95. The van der Waals surface area contributed by atoms with Crippen LogP contribution in [0.1, 0.15) is 61.1 Å². The Hall–Kier alpha value is -1.35. The summed E-state index contributed by atoms with van der Waals surface area (Å²) in [4.78, 5) is 4.40. The van der Waals surface area contributed by atoms with Crippen molar-refractivity contribution in [2.45, 2.75) is 57.5 Å². The molecule has 130 valence electrons. The number of hydrogen-bond donors (Lipinski definition) is 0. The Morgan fingerprint density at radius 3 is 2.40 bits per heavy atom. The topological polar surface area (TPSA) is 16.1 Å².